The molecule has 2 rings (SSSR count). The average molecular weight is 258 g/mol. The van der Waals surface area contributed by atoms with Crippen molar-refractivity contribution in [2.24, 2.45) is 0 Å². The van der Waals surface area contributed by atoms with Crippen LogP contribution in [0.5, 0.6) is 0 Å². The molecule has 0 aliphatic carbocycles. The van der Waals surface area contributed by atoms with Gasteiger partial charge in [0.15, 0.2) is 0 Å². The second-order valence-corrected chi connectivity index (χ2v) is 4.72. The van der Waals surface area contributed by atoms with Crippen LogP contribution in [-0.2, 0) is 11.3 Å². The molecule has 0 aliphatic rings. The normalized spacial score (nSPS) is 10.7. The summed E-state index contributed by atoms with van der Waals surface area (Å²) in [6.07, 6.45) is 1.75. The van der Waals surface area contributed by atoms with Crippen molar-refractivity contribution in [2.75, 3.05) is 5.73 Å². The average Bonchev–Trinajstić information content (AvgIpc) is 2.79. The molecule has 1 aromatic carbocycles. The van der Waals surface area contributed by atoms with Crippen LogP contribution < -0.4 is 5.73 Å². The highest BCUT2D eigenvalue weighted by molar-refractivity contribution is 5.89. The predicted octanol–water partition coefficient (Wildman–Crippen LogP) is 3.01. The fourth-order valence-corrected chi connectivity index (χ4v) is 1.89. The van der Waals surface area contributed by atoms with Gasteiger partial charge in [0.05, 0.1) is 5.69 Å². The maximum atomic E-state index is 12.1. The Balaban J connectivity index is 2.08. The minimum atomic E-state index is -0.353. The van der Waals surface area contributed by atoms with Crippen LogP contribution in [0.1, 0.15) is 35.9 Å². The lowest BCUT2D eigenvalue weighted by Gasteiger charge is -2.12. The number of hydrogen-bond acceptors (Lipinski definition) is 3. The van der Waals surface area contributed by atoms with E-state index >= 15 is 0 Å². The standard InChI is InChI=1S/C15H18N2O2/c1-11(2)17-9-13(16)8-14(17)15(18)19-10-12-6-4-3-5-7-12/h3-9,11H,10,16H2,1-2H3. The number of benzene rings is 1. The number of anilines is 1. The number of ether oxygens (including phenoxy) is 1. The summed E-state index contributed by atoms with van der Waals surface area (Å²) >= 11 is 0. The number of nitrogens with zero attached hydrogens (tertiary/aromatic N) is 1. The number of nitrogens with two attached hydrogens (primary N) is 1. The maximum absolute atomic E-state index is 12.1. The maximum Gasteiger partial charge on any atom is 0.355 e. The molecular weight excluding hydrogens is 240 g/mol. The smallest absolute Gasteiger partial charge is 0.355 e. The van der Waals surface area contributed by atoms with Gasteiger partial charge in [-0.1, -0.05) is 30.3 Å². The largest absolute Gasteiger partial charge is 0.456 e. The van der Waals surface area contributed by atoms with Crippen molar-refractivity contribution >= 4 is 11.7 Å². The molecule has 2 aromatic rings. The van der Waals surface area contributed by atoms with Crippen LogP contribution in [0.4, 0.5) is 5.69 Å². The van der Waals surface area contributed by atoms with Crippen LogP contribution in [0.3, 0.4) is 0 Å². The third kappa shape index (κ3) is 3.16. The zero-order valence-corrected chi connectivity index (χ0v) is 11.2. The number of esters is 1. The van der Waals surface area contributed by atoms with Crippen molar-refractivity contribution in [3.63, 3.8) is 0 Å². The third-order valence-electron chi connectivity index (χ3n) is 2.85. The monoisotopic (exact) mass is 258 g/mol. The lowest BCUT2D eigenvalue weighted by atomic mass is 10.2. The molecule has 19 heavy (non-hydrogen) atoms. The molecule has 0 radical (unpaired) electrons. The van der Waals surface area contributed by atoms with E-state index in [2.05, 4.69) is 0 Å². The molecule has 0 fully saturated rings. The number of rotatable bonds is 4. The second kappa shape index (κ2) is 5.61. The van der Waals surface area contributed by atoms with E-state index in [9.17, 15) is 4.79 Å². The molecule has 0 aliphatic heterocycles. The first-order chi connectivity index (χ1) is 9.08. The molecule has 0 atom stereocenters. The summed E-state index contributed by atoms with van der Waals surface area (Å²) in [7, 11) is 0. The van der Waals surface area contributed by atoms with Crippen molar-refractivity contribution in [1.82, 2.24) is 4.57 Å². The summed E-state index contributed by atoms with van der Waals surface area (Å²) in [6.45, 7) is 4.25. The first kappa shape index (κ1) is 13.2. The summed E-state index contributed by atoms with van der Waals surface area (Å²) < 4.78 is 7.13. The molecular formula is C15H18N2O2. The van der Waals surface area contributed by atoms with E-state index < -0.39 is 0 Å². The van der Waals surface area contributed by atoms with Gasteiger partial charge in [-0.2, -0.15) is 0 Å². The summed E-state index contributed by atoms with van der Waals surface area (Å²) in [6, 6.07) is 11.4. The molecule has 0 spiro atoms. The molecule has 1 aromatic heterocycles. The van der Waals surface area contributed by atoms with Gasteiger partial charge in [0, 0.05) is 12.2 Å². The number of aromatic nitrogens is 1. The van der Waals surface area contributed by atoms with Gasteiger partial charge in [-0.25, -0.2) is 4.79 Å². The lowest BCUT2D eigenvalue weighted by molar-refractivity contribution is 0.0458. The van der Waals surface area contributed by atoms with Gasteiger partial charge in [-0.15, -0.1) is 0 Å². The summed E-state index contributed by atoms with van der Waals surface area (Å²) in [4.78, 5) is 12.1. The van der Waals surface area contributed by atoms with Crippen molar-refractivity contribution in [1.29, 1.82) is 0 Å². The van der Waals surface area contributed by atoms with E-state index in [0.29, 0.717) is 11.4 Å². The van der Waals surface area contributed by atoms with Gasteiger partial charge < -0.3 is 15.0 Å². The number of nitrogen functional groups attached to an aromatic ring is 1. The zero-order valence-electron chi connectivity index (χ0n) is 11.2. The molecule has 0 saturated heterocycles. The molecule has 0 amide bonds. The van der Waals surface area contributed by atoms with Crippen LogP contribution >= 0.6 is 0 Å². The summed E-state index contributed by atoms with van der Waals surface area (Å²) in [5, 5.41) is 0. The van der Waals surface area contributed by atoms with Gasteiger partial charge in [-0.05, 0) is 25.5 Å². The Kier molecular flexibility index (Phi) is 3.90. The zero-order chi connectivity index (χ0) is 13.8. The van der Waals surface area contributed by atoms with Gasteiger partial charge >= 0.3 is 5.97 Å². The van der Waals surface area contributed by atoms with Crippen LogP contribution in [0, 0.1) is 0 Å². The van der Waals surface area contributed by atoms with Gasteiger partial charge in [0.2, 0.25) is 0 Å². The molecule has 1 heterocycles. The van der Waals surface area contributed by atoms with Crippen molar-refractivity contribution in [3.05, 3.63) is 53.9 Å². The van der Waals surface area contributed by atoms with Crippen molar-refractivity contribution in [3.8, 4) is 0 Å². The summed E-state index contributed by atoms with van der Waals surface area (Å²) in [5.41, 5.74) is 7.76. The Hall–Kier alpha value is -2.23. The molecule has 0 bridgehead atoms. The SMILES string of the molecule is CC(C)n1cc(N)cc1C(=O)OCc1ccccc1. The molecule has 2 N–H and O–H groups in total. The number of carbonyl (C=O) groups excluding carboxylic acids is 1. The Morgan fingerprint density at radius 3 is 2.63 bits per heavy atom. The Labute approximate surface area is 112 Å². The van der Waals surface area contributed by atoms with Crippen LogP contribution in [0.25, 0.3) is 0 Å². The molecule has 4 nitrogen and oxygen atoms in total. The van der Waals surface area contributed by atoms with Crippen LogP contribution in [-0.4, -0.2) is 10.5 Å². The van der Waals surface area contributed by atoms with Gasteiger partial charge in [0.1, 0.15) is 12.3 Å². The van der Waals surface area contributed by atoms with Gasteiger partial charge in [-0.3, -0.25) is 0 Å². The summed E-state index contributed by atoms with van der Waals surface area (Å²) in [5.74, 6) is -0.353. The molecule has 0 saturated carbocycles. The molecule has 0 unspecified atom stereocenters. The Morgan fingerprint density at radius 2 is 2.00 bits per heavy atom. The third-order valence-corrected chi connectivity index (χ3v) is 2.85. The molecule has 100 valence electrons. The van der Waals surface area contributed by atoms with Crippen molar-refractivity contribution < 1.29 is 9.53 Å². The molecule has 4 heteroatoms. The highest BCUT2D eigenvalue weighted by atomic mass is 16.5. The number of hydrogen-bond donors (Lipinski definition) is 1. The van der Waals surface area contributed by atoms with Crippen molar-refractivity contribution in [2.45, 2.75) is 26.5 Å². The lowest BCUT2D eigenvalue weighted by Crippen LogP contribution is -2.13. The second-order valence-electron chi connectivity index (χ2n) is 4.72. The van der Waals surface area contributed by atoms with E-state index in [1.165, 1.54) is 0 Å². The highest BCUT2D eigenvalue weighted by Crippen LogP contribution is 2.17. The first-order valence-corrected chi connectivity index (χ1v) is 6.26. The van der Waals surface area contributed by atoms with E-state index in [-0.39, 0.29) is 18.6 Å². The fourth-order valence-electron chi connectivity index (χ4n) is 1.89. The fraction of sp³-hybridized carbons (Fsp3) is 0.267. The van der Waals surface area contributed by atoms with E-state index in [0.717, 1.165) is 5.56 Å². The Bertz CT molecular complexity index is 559. The first-order valence-electron chi connectivity index (χ1n) is 6.26. The van der Waals surface area contributed by atoms with E-state index in [4.69, 9.17) is 10.5 Å². The van der Waals surface area contributed by atoms with Crippen LogP contribution in [0.2, 0.25) is 0 Å². The van der Waals surface area contributed by atoms with Crippen LogP contribution in [0.15, 0.2) is 42.6 Å². The Morgan fingerprint density at radius 1 is 1.32 bits per heavy atom. The highest BCUT2D eigenvalue weighted by Gasteiger charge is 2.16. The van der Waals surface area contributed by atoms with Gasteiger partial charge in [0.25, 0.3) is 0 Å². The minimum absolute atomic E-state index is 0.163. The van der Waals surface area contributed by atoms with E-state index in [1.807, 2.05) is 48.7 Å². The van der Waals surface area contributed by atoms with E-state index in [1.54, 1.807) is 12.3 Å². The quantitative estimate of drug-likeness (QED) is 0.858. The number of carbonyl (C=O) groups is 1. The minimum Gasteiger partial charge on any atom is -0.456 e. The topological polar surface area (TPSA) is 57.2 Å². The predicted molar refractivity (Wildman–Crippen MR) is 74.8 cm³/mol.